The number of aliphatic hydroxyl groups is 3. The van der Waals surface area contributed by atoms with Crippen LogP contribution in [0, 0.1) is 0 Å². The lowest BCUT2D eigenvalue weighted by Gasteiger charge is -2.18. The van der Waals surface area contributed by atoms with Crippen LogP contribution in [0.15, 0.2) is 46.1 Å². The van der Waals surface area contributed by atoms with Gasteiger partial charge in [-0.05, 0) is 6.07 Å². The minimum absolute atomic E-state index is 0.0478. The third-order valence-electron chi connectivity index (χ3n) is 4.74. The minimum Gasteiger partial charge on any atom is -0.394 e. The molecule has 0 bridgehead atoms. The van der Waals surface area contributed by atoms with Gasteiger partial charge in [0.1, 0.15) is 18.3 Å². The fourth-order valence-electron chi connectivity index (χ4n) is 3.27. The summed E-state index contributed by atoms with van der Waals surface area (Å²) in [5.41, 5.74) is 0.0571. The molecule has 4 rings (SSSR count). The van der Waals surface area contributed by atoms with Crippen molar-refractivity contribution in [2.24, 2.45) is 0 Å². The van der Waals surface area contributed by atoms with Crippen molar-refractivity contribution in [2.45, 2.75) is 31.1 Å². The molecule has 0 unspecified atom stereocenters. The van der Waals surface area contributed by atoms with Crippen molar-refractivity contribution < 1.29 is 20.1 Å². The molecule has 1 aromatic carbocycles. The first kappa shape index (κ1) is 17.6. The molecule has 3 aromatic rings. The number of benzene rings is 1. The summed E-state index contributed by atoms with van der Waals surface area (Å²) >= 11 is 0. The highest BCUT2D eigenvalue weighted by Gasteiger charge is 2.43. The Morgan fingerprint density at radius 1 is 1.15 bits per heavy atom. The molecule has 0 amide bonds. The molecule has 0 radical (unpaired) electrons. The summed E-state index contributed by atoms with van der Waals surface area (Å²) in [5, 5.41) is 37.0. The van der Waals surface area contributed by atoms with Gasteiger partial charge in [0, 0.05) is 17.6 Å². The summed E-state index contributed by atoms with van der Waals surface area (Å²) in [4.78, 5) is 25.1. The lowest BCUT2D eigenvalue weighted by Crippen LogP contribution is -2.43. The van der Waals surface area contributed by atoms with E-state index in [0.29, 0.717) is 11.2 Å². The maximum absolute atomic E-state index is 12.8. The number of fused-ring (bicyclic) bond motifs is 1. The Kier molecular flexibility index (Phi) is 4.40. The summed E-state index contributed by atoms with van der Waals surface area (Å²) in [6, 6.07) is 8.46. The molecule has 0 spiro atoms. The van der Waals surface area contributed by atoms with Crippen molar-refractivity contribution in [2.75, 3.05) is 6.61 Å². The van der Waals surface area contributed by atoms with Crippen LogP contribution in [0.5, 0.6) is 0 Å². The maximum Gasteiger partial charge on any atom is 0.333 e. The second kappa shape index (κ2) is 6.74. The van der Waals surface area contributed by atoms with Gasteiger partial charge in [-0.3, -0.25) is 19.0 Å². The van der Waals surface area contributed by atoms with Gasteiger partial charge in [0.2, 0.25) is 0 Å². The zero-order chi connectivity index (χ0) is 19.1. The van der Waals surface area contributed by atoms with E-state index in [1.165, 1.54) is 12.3 Å². The van der Waals surface area contributed by atoms with Crippen LogP contribution in [0.25, 0.3) is 10.9 Å². The lowest BCUT2D eigenvalue weighted by molar-refractivity contribution is -0.0555. The molecule has 4 atom stereocenters. The number of hydrogen-bond acceptors (Lipinski definition) is 7. The lowest BCUT2D eigenvalue weighted by atomic mass is 10.1. The van der Waals surface area contributed by atoms with Crippen LogP contribution in [0.1, 0.15) is 11.9 Å². The average molecular weight is 374 g/mol. The number of para-hydroxylation sites is 1. The van der Waals surface area contributed by atoms with E-state index in [2.05, 4.69) is 10.2 Å². The minimum atomic E-state index is -1.42. The number of ether oxygens (including phenoxy) is 1. The SMILES string of the molecule is O=c1ccn([C@@H]2O[C@H](CO)[C@@H](O)[C@H]2O)c(=O)n1Cc1[nH]nc2ccccc12. The Labute approximate surface area is 151 Å². The first-order chi connectivity index (χ1) is 13.0. The predicted molar refractivity (Wildman–Crippen MR) is 93.2 cm³/mol. The quantitative estimate of drug-likeness (QED) is 0.437. The standard InChI is InChI=1S/C17H18N4O6/c22-8-12-14(24)15(25)16(27-12)20-6-5-13(23)21(17(20)26)7-11-9-3-1-2-4-10(9)18-19-11/h1-6,12,14-16,22,24-25H,7-8H2,(H,18,19)/t12-,14-,15-,16-/m1/s1. The number of aromatic nitrogens is 4. The Morgan fingerprint density at radius 2 is 1.93 bits per heavy atom. The van der Waals surface area contributed by atoms with E-state index in [0.717, 1.165) is 14.5 Å². The highest BCUT2D eigenvalue weighted by molar-refractivity contribution is 5.81. The third kappa shape index (κ3) is 2.88. The van der Waals surface area contributed by atoms with Crippen molar-refractivity contribution in [3.63, 3.8) is 0 Å². The molecule has 1 fully saturated rings. The number of hydrogen-bond donors (Lipinski definition) is 4. The smallest absolute Gasteiger partial charge is 0.333 e. The van der Waals surface area contributed by atoms with E-state index in [4.69, 9.17) is 4.74 Å². The maximum atomic E-state index is 12.8. The first-order valence-electron chi connectivity index (χ1n) is 8.37. The highest BCUT2D eigenvalue weighted by atomic mass is 16.6. The molecule has 10 nitrogen and oxygen atoms in total. The zero-order valence-electron chi connectivity index (χ0n) is 14.1. The fourth-order valence-corrected chi connectivity index (χ4v) is 3.27. The Balaban J connectivity index is 1.74. The highest BCUT2D eigenvalue weighted by Crippen LogP contribution is 2.27. The van der Waals surface area contributed by atoms with Crippen LogP contribution < -0.4 is 11.2 Å². The molecule has 4 N–H and O–H groups in total. The van der Waals surface area contributed by atoms with Gasteiger partial charge in [0.25, 0.3) is 5.56 Å². The predicted octanol–water partition coefficient (Wildman–Crippen LogP) is -1.45. The van der Waals surface area contributed by atoms with E-state index in [1.807, 2.05) is 18.2 Å². The van der Waals surface area contributed by atoms with Crippen LogP contribution in [0.4, 0.5) is 0 Å². The van der Waals surface area contributed by atoms with E-state index in [-0.39, 0.29) is 6.54 Å². The number of H-pyrrole nitrogens is 1. The monoisotopic (exact) mass is 374 g/mol. The van der Waals surface area contributed by atoms with Crippen LogP contribution in [-0.4, -0.2) is 59.6 Å². The molecular weight excluding hydrogens is 356 g/mol. The van der Waals surface area contributed by atoms with Crippen LogP contribution in [-0.2, 0) is 11.3 Å². The Bertz CT molecular complexity index is 1090. The van der Waals surface area contributed by atoms with Gasteiger partial charge in [-0.2, -0.15) is 5.10 Å². The van der Waals surface area contributed by atoms with E-state index >= 15 is 0 Å². The summed E-state index contributed by atoms with van der Waals surface area (Å²) in [7, 11) is 0. The van der Waals surface area contributed by atoms with E-state index < -0.39 is 42.4 Å². The number of nitrogens with zero attached hydrogens (tertiary/aromatic N) is 3. The van der Waals surface area contributed by atoms with Crippen molar-refractivity contribution in [3.8, 4) is 0 Å². The van der Waals surface area contributed by atoms with Gasteiger partial charge < -0.3 is 20.1 Å². The molecule has 10 heteroatoms. The van der Waals surface area contributed by atoms with Gasteiger partial charge in [0.15, 0.2) is 6.23 Å². The summed E-state index contributed by atoms with van der Waals surface area (Å²) in [6.45, 7) is -0.558. The number of aromatic amines is 1. The normalized spacial score (nSPS) is 25.3. The molecule has 0 aliphatic carbocycles. The average Bonchev–Trinajstić information content (AvgIpc) is 3.21. The molecule has 2 aromatic heterocycles. The van der Waals surface area contributed by atoms with Gasteiger partial charge in [-0.1, -0.05) is 18.2 Å². The molecule has 1 aliphatic rings. The molecule has 0 saturated carbocycles. The molecular formula is C17H18N4O6. The Morgan fingerprint density at radius 3 is 2.67 bits per heavy atom. The zero-order valence-corrected chi connectivity index (χ0v) is 14.1. The second-order valence-electron chi connectivity index (χ2n) is 6.38. The number of rotatable bonds is 4. The molecule has 1 aliphatic heterocycles. The van der Waals surface area contributed by atoms with Gasteiger partial charge in [-0.25, -0.2) is 4.79 Å². The van der Waals surface area contributed by atoms with E-state index in [1.54, 1.807) is 6.07 Å². The molecule has 1 saturated heterocycles. The Hall–Kier alpha value is -2.79. The first-order valence-corrected chi connectivity index (χ1v) is 8.37. The number of aliphatic hydroxyl groups excluding tert-OH is 3. The van der Waals surface area contributed by atoms with E-state index in [9.17, 15) is 24.9 Å². The van der Waals surface area contributed by atoms with Gasteiger partial charge >= 0.3 is 5.69 Å². The molecule has 27 heavy (non-hydrogen) atoms. The fraction of sp³-hybridized carbons (Fsp3) is 0.353. The molecule has 142 valence electrons. The summed E-state index contributed by atoms with van der Waals surface area (Å²) < 4.78 is 7.39. The van der Waals surface area contributed by atoms with Crippen molar-refractivity contribution in [1.82, 2.24) is 19.3 Å². The number of nitrogens with one attached hydrogen (secondary N) is 1. The van der Waals surface area contributed by atoms with Crippen molar-refractivity contribution >= 4 is 10.9 Å². The molecule has 3 heterocycles. The van der Waals surface area contributed by atoms with Crippen molar-refractivity contribution in [1.29, 1.82) is 0 Å². The van der Waals surface area contributed by atoms with Crippen LogP contribution >= 0.6 is 0 Å². The van der Waals surface area contributed by atoms with Gasteiger partial charge in [0.05, 0.1) is 24.4 Å². The van der Waals surface area contributed by atoms with Crippen LogP contribution in [0.3, 0.4) is 0 Å². The summed E-state index contributed by atoms with van der Waals surface area (Å²) in [6.07, 6.45) is -3.79. The largest absolute Gasteiger partial charge is 0.394 e. The topological polar surface area (TPSA) is 143 Å². The van der Waals surface area contributed by atoms with Crippen molar-refractivity contribution in [3.05, 3.63) is 63.1 Å². The third-order valence-corrected chi connectivity index (χ3v) is 4.74. The summed E-state index contributed by atoms with van der Waals surface area (Å²) in [5.74, 6) is 0. The second-order valence-corrected chi connectivity index (χ2v) is 6.38. The van der Waals surface area contributed by atoms with Gasteiger partial charge in [-0.15, -0.1) is 0 Å². The van der Waals surface area contributed by atoms with Crippen LogP contribution in [0.2, 0.25) is 0 Å².